The molecule has 1 aromatic carbocycles. The third-order valence-electron chi connectivity index (χ3n) is 3.77. The summed E-state index contributed by atoms with van der Waals surface area (Å²) in [5.41, 5.74) is 0.701. The Morgan fingerprint density at radius 3 is 2.95 bits per heavy atom. The number of carboxylic acids is 1. The van der Waals surface area contributed by atoms with E-state index in [1.54, 1.807) is 25.3 Å². The number of aliphatic carboxylic acids is 1. The minimum atomic E-state index is -0.856. The van der Waals surface area contributed by atoms with Gasteiger partial charge in [0, 0.05) is 30.2 Å². The van der Waals surface area contributed by atoms with E-state index in [0.29, 0.717) is 35.7 Å². The van der Waals surface area contributed by atoms with Crippen LogP contribution < -0.4 is 10.1 Å². The topological polar surface area (TPSA) is 78.9 Å². The van der Waals surface area contributed by atoms with Crippen LogP contribution in [0.1, 0.15) is 18.4 Å². The molecule has 2 amide bonds. The zero-order valence-corrected chi connectivity index (χ0v) is 13.1. The van der Waals surface area contributed by atoms with Crippen LogP contribution in [0, 0.1) is 5.92 Å². The molecule has 0 aliphatic carbocycles. The Bertz CT molecular complexity index is 564. The van der Waals surface area contributed by atoms with Gasteiger partial charge in [0.05, 0.1) is 13.0 Å². The molecule has 0 bridgehead atoms. The number of carbonyl (C=O) groups excluding carboxylic acids is 1. The molecule has 1 aromatic rings. The highest BCUT2D eigenvalue weighted by atomic mass is 35.5. The molecule has 1 aliphatic rings. The van der Waals surface area contributed by atoms with Crippen LogP contribution >= 0.6 is 11.6 Å². The maximum atomic E-state index is 12.2. The number of carboxylic acid groups (broad SMARTS) is 1. The van der Waals surface area contributed by atoms with Crippen molar-refractivity contribution in [3.05, 3.63) is 28.8 Å². The lowest BCUT2D eigenvalue weighted by molar-refractivity contribution is -0.143. The van der Waals surface area contributed by atoms with Crippen LogP contribution in [0.15, 0.2) is 18.2 Å². The van der Waals surface area contributed by atoms with Gasteiger partial charge >= 0.3 is 12.0 Å². The second kappa shape index (κ2) is 7.35. The number of likely N-dealkylation sites (tertiary alicyclic amines) is 1. The van der Waals surface area contributed by atoms with E-state index >= 15 is 0 Å². The number of urea groups is 1. The van der Waals surface area contributed by atoms with Crippen molar-refractivity contribution in [1.82, 2.24) is 10.2 Å². The highest BCUT2D eigenvalue weighted by Crippen LogP contribution is 2.26. The Morgan fingerprint density at radius 2 is 2.27 bits per heavy atom. The number of nitrogens with zero attached hydrogens (tertiary/aromatic N) is 1. The molecule has 0 aromatic heterocycles. The van der Waals surface area contributed by atoms with Gasteiger partial charge < -0.3 is 20.1 Å². The largest absolute Gasteiger partial charge is 0.496 e. The van der Waals surface area contributed by atoms with Crippen LogP contribution in [-0.2, 0) is 11.3 Å². The quantitative estimate of drug-likeness (QED) is 0.890. The molecule has 1 saturated heterocycles. The van der Waals surface area contributed by atoms with Crippen LogP contribution in [0.5, 0.6) is 5.75 Å². The predicted octanol–water partition coefficient (Wildman–Crippen LogP) is 2.35. The zero-order chi connectivity index (χ0) is 16.1. The monoisotopic (exact) mass is 326 g/mol. The summed E-state index contributed by atoms with van der Waals surface area (Å²) in [6.07, 6.45) is 1.30. The number of halogens is 1. The molecule has 120 valence electrons. The number of benzene rings is 1. The molecule has 0 radical (unpaired) electrons. The van der Waals surface area contributed by atoms with Crippen LogP contribution in [-0.4, -0.2) is 42.2 Å². The SMILES string of the molecule is COc1cccc(Cl)c1CNC(=O)N1CCCC(C(=O)O)C1. The maximum absolute atomic E-state index is 12.2. The molecule has 1 heterocycles. The summed E-state index contributed by atoms with van der Waals surface area (Å²) in [6.45, 7) is 1.03. The number of piperidine rings is 1. The van der Waals surface area contributed by atoms with Crippen molar-refractivity contribution in [2.45, 2.75) is 19.4 Å². The average Bonchev–Trinajstić information content (AvgIpc) is 2.53. The first-order chi connectivity index (χ1) is 10.5. The van der Waals surface area contributed by atoms with E-state index in [0.717, 1.165) is 0 Å². The molecule has 0 saturated carbocycles. The van der Waals surface area contributed by atoms with Crippen molar-refractivity contribution in [2.24, 2.45) is 5.92 Å². The number of hydrogen-bond donors (Lipinski definition) is 2. The van der Waals surface area contributed by atoms with Gasteiger partial charge in [-0.15, -0.1) is 0 Å². The lowest BCUT2D eigenvalue weighted by Gasteiger charge is -2.30. The fraction of sp³-hybridized carbons (Fsp3) is 0.467. The number of methoxy groups -OCH3 is 1. The summed E-state index contributed by atoms with van der Waals surface area (Å²) in [7, 11) is 1.54. The van der Waals surface area contributed by atoms with Crippen molar-refractivity contribution in [2.75, 3.05) is 20.2 Å². The van der Waals surface area contributed by atoms with Gasteiger partial charge in [-0.05, 0) is 25.0 Å². The van der Waals surface area contributed by atoms with Gasteiger partial charge in [-0.3, -0.25) is 4.79 Å². The molecule has 7 heteroatoms. The van der Waals surface area contributed by atoms with E-state index in [1.807, 2.05) is 0 Å². The Morgan fingerprint density at radius 1 is 1.50 bits per heavy atom. The van der Waals surface area contributed by atoms with Crippen molar-refractivity contribution < 1.29 is 19.4 Å². The number of carbonyl (C=O) groups is 2. The van der Waals surface area contributed by atoms with E-state index in [4.69, 9.17) is 21.4 Å². The van der Waals surface area contributed by atoms with Gasteiger partial charge in [0.1, 0.15) is 5.75 Å². The second-order valence-electron chi connectivity index (χ2n) is 5.20. The van der Waals surface area contributed by atoms with Gasteiger partial charge in [0.25, 0.3) is 0 Å². The number of hydrogen-bond acceptors (Lipinski definition) is 3. The first-order valence-corrected chi connectivity index (χ1v) is 7.47. The standard InChI is InChI=1S/C15H19ClN2O4/c1-22-13-6-2-5-12(16)11(13)8-17-15(21)18-7-3-4-10(9-18)14(19)20/h2,5-6,10H,3-4,7-9H2,1H3,(H,17,21)(H,19,20). The molecule has 2 N–H and O–H groups in total. The minimum absolute atomic E-state index is 0.232. The molecular weight excluding hydrogens is 308 g/mol. The smallest absolute Gasteiger partial charge is 0.317 e. The fourth-order valence-corrected chi connectivity index (χ4v) is 2.77. The van der Waals surface area contributed by atoms with Crippen LogP contribution in [0.3, 0.4) is 0 Å². The van der Waals surface area contributed by atoms with Gasteiger partial charge in [-0.2, -0.15) is 0 Å². The lowest BCUT2D eigenvalue weighted by atomic mass is 9.99. The lowest BCUT2D eigenvalue weighted by Crippen LogP contribution is -2.46. The zero-order valence-electron chi connectivity index (χ0n) is 12.3. The van der Waals surface area contributed by atoms with Gasteiger partial charge in [-0.1, -0.05) is 17.7 Å². The third-order valence-corrected chi connectivity index (χ3v) is 4.12. The minimum Gasteiger partial charge on any atom is -0.496 e. The van der Waals surface area contributed by atoms with E-state index < -0.39 is 11.9 Å². The maximum Gasteiger partial charge on any atom is 0.317 e. The van der Waals surface area contributed by atoms with Gasteiger partial charge in [0.15, 0.2) is 0 Å². The summed E-state index contributed by atoms with van der Waals surface area (Å²) >= 11 is 6.12. The highest BCUT2D eigenvalue weighted by molar-refractivity contribution is 6.31. The normalized spacial score (nSPS) is 17.9. The molecule has 1 atom stereocenters. The highest BCUT2D eigenvalue weighted by Gasteiger charge is 2.28. The second-order valence-corrected chi connectivity index (χ2v) is 5.61. The van der Waals surface area contributed by atoms with Crippen LogP contribution in [0.2, 0.25) is 5.02 Å². The number of rotatable bonds is 4. The molecule has 22 heavy (non-hydrogen) atoms. The molecule has 1 fully saturated rings. The summed E-state index contributed by atoms with van der Waals surface area (Å²) in [5, 5.41) is 12.3. The van der Waals surface area contributed by atoms with Crippen LogP contribution in [0.4, 0.5) is 4.79 Å². The third kappa shape index (κ3) is 3.82. The van der Waals surface area contributed by atoms with E-state index in [9.17, 15) is 9.59 Å². The van der Waals surface area contributed by atoms with Crippen molar-refractivity contribution in [1.29, 1.82) is 0 Å². The summed E-state index contributed by atoms with van der Waals surface area (Å²) < 4.78 is 5.23. The Labute approximate surface area is 134 Å². The van der Waals surface area contributed by atoms with Crippen molar-refractivity contribution in [3.8, 4) is 5.75 Å². The van der Waals surface area contributed by atoms with Crippen molar-refractivity contribution >= 4 is 23.6 Å². The van der Waals surface area contributed by atoms with E-state index in [1.165, 1.54) is 4.90 Å². The molecule has 0 spiro atoms. The number of amides is 2. The number of nitrogens with one attached hydrogen (secondary N) is 1. The molecule has 1 unspecified atom stereocenters. The molecular formula is C15H19ClN2O4. The molecule has 1 aliphatic heterocycles. The summed E-state index contributed by atoms with van der Waals surface area (Å²) in [5.74, 6) is -0.741. The van der Waals surface area contributed by atoms with Crippen LogP contribution in [0.25, 0.3) is 0 Å². The Balaban J connectivity index is 1.97. The van der Waals surface area contributed by atoms with Gasteiger partial charge in [0.2, 0.25) is 0 Å². The summed E-state index contributed by atoms with van der Waals surface area (Å²) in [6, 6.07) is 4.99. The van der Waals surface area contributed by atoms with Crippen molar-refractivity contribution in [3.63, 3.8) is 0 Å². The summed E-state index contributed by atoms with van der Waals surface area (Å²) in [4.78, 5) is 24.8. The predicted molar refractivity (Wildman–Crippen MR) is 82.2 cm³/mol. The average molecular weight is 327 g/mol. The number of ether oxygens (including phenoxy) is 1. The van der Waals surface area contributed by atoms with Gasteiger partial charge in [-0.25, -0.2) is 4.79 Å². The Kier molecular flexibility index (Phi) is 5.49. The molecule has 2 rings (SSSR count). The first-order valence-electron chi connectivity index (χ1n) is 7.10. The van der Waals surface area contributed by atoms with E-state index in [-0.39, 0.29) is 19.1 Å². The first kappa shape index (κ1) is 16.4. The van der Waals surface area contributed by atoms with E-state index in [2.05, 4.69) is 5.32 Å². The Hall–Kier alpha value is -1.95. The fourth-order valence-electron chi connectivity index (χ4n) is 2.54. The molecule has 6 nitrogen and oxygen atoms in total.